The van der Waals surface area contributed by atoms with E-state index in [4.69, 9.17) is 0 Å². The highest BCUT2D eigenvalue weighted by Gasteiger charge is 2.37. The molecule has 1 fully saturated rings. The molecule has 1 unspecified atom stereocenters. The van der Waals surface area contributed by atoms with Crippen LogP contribution in [0, 0.1) is 0 Å². The Morgan fingerprint density at radius 2 is 1.50 bits per heavy atom. The summed E-state index contributed by atoms with van der Waals surface area (Å²) in [5.41, 5.74) is 2.90. The van der Waals surface area contributed by atoms with Crippen LogP contribution in [0.15, 0.2) is 66.7 Å². The van der Waals surface area contributed by atoms with Crippen LogP contribution in [-0.2, 0) is 17.4 Å². The Bertz CT molecular complexity index is 1500. The van der Waals surface area contributed by atoms with Crippen LogP contribution in [-0.4, -0.2) is 55.1 Å². The third kappa shape index (κ3) is 7.43. The number of aryl methyl sites for hydroxylation is 1. The van der Waals surface area contributed by atoms with E-state index in [-0.39, 0.29) is 11.6 Å². The van der Waals surface area contributed by atoms with Crippen molar-refractivity contribution in [3.05, 3.63) is 94.5 Å². The van der Waals surface area contributed by atoms with Gasteiger partial charge in [0.1, 0.15) is 6.54 Å². The summed E-state index contributed by atoms with van der Waals surface area (Å²) < 4.78 is 78.0. The lowest BCUT2D eigenvalue weighted by atomic mass is 9.94. The first kappa shape index (κ1) is 31.6. The van der Waals surface area contributed by atoms with E-state index in [1.165, 1.54) is 18.2 Å². The predicted molar refractivity (Wildman–Crippen MR) is 154 cm³/mol. The molecule has 2 N–H and O–H groups in total. The number of benzene rings is 3. The largest absolute Gasteiger partial charge is 0.417 e. The standard InChI is InChI=1S/C33H33F6N3O2/c34-32(35,36)20-40-31(44)29-24-9-2-1-8-23(24)27-19-21(12-13-25(27)29)7-5-6-16-42-17-14-22(15-18-42)41-30(43)26-10-3-4-11-28(26)33(37,38)39/h1-4,8-13,19,22,29H,5-7,14-18,20H2,(H,40,44)(H,41,43). The molecule has 0 radical (unpaired) electrons. The fourth-order valence-electron chi connectivity index (χ4n) is 6.13. The molecule has 44 heavy (non-hydrogen) atoms. The summed E-state index contributed by atoms with van der Waals surface area (Å²) in [5, 5.41) is 4.80. The van der Waals surface area contributed by atoms with E-state index in [2.05, 4.69) is 10.2 Å². The first-order valence-electron chi connectivity index (χ1n) is 14.7. The molecule has 0 saturated carbocycles. The average molecular weight is 618 g/mol. The van der Waals surface area contributed by atoms with E-state index in [9.17, 15) is 35.9 Å². The first-order chi connectivity index (χ1) is 20.9. The van der Waals surface area contributed by atoms with Crippen molar-refractivity contribution in [2.24, 2.45) is 0 Å². The Morgan fingerprint density at radius 3 is 2.23 bits per heavy atom. The summed E-state index contributed by atoms with van der Waals surface area (Å²) in [6.45, 7) is 0.950. The lowest BCUT2D eigenvalue weighted by Gasteiger charge is -2.32. The number of hydrogen-bond acceptors (Lipinski definition) is 3. The summed E-state index contributed by atoms with van der Waals surface area (Å²) >= 11 is 0. The molecule has 1 saturated heterocycles. The van der Waals surface area contributed by atoms with E-state index in [0.29, 0.717) is 24.0 Å². The van der Waals surface area contributed by atoms with Crippen LogP contribution in [0.5, 0.6) is 0 Å². The molecule has 5 nitrogen and oxygen atoms in total. The zero-order chi connectivity index (χ0) is 31.5. The summed E-state index contributed by atoms with van der Waals surface area (Å²) in [7, 11) is 0. The van der Waals surface area contributed by atoms with Gasteiger partial charge in [-0.1, -0.05) is 54.6 Å². The number of likely N-dealkylation sites (tertiary alicyclic amines) is 1. The number of fused-ring (bicyclic) bond motifs is 3. The van der Waals surface area contributed by atoms with Gasteiger partial charge in [0, 0.05) is 19.1 Å². The number of piperidine rings is 1. The predicted octanol–water partition coefficient (Wildman–Crippen LogP) is 6.71. The topological polar surface area (TPSA) is 61.4 Å². The van der Waals surface area contributed by atoms with Crippen molar-refractivity contribution in [3.8, 4) is 11.1 Å². The van der Waals surface area contributed by atoms with Gasteiger partial charge in [0.2, 0.25) is 5.91 Å². The highest BCUT2D eigenvalue weighted by Crippen LogP contribution is 2.45. The zero-order valence-corrected chi connectivity index (χ0v) is 23.9. The second kappa shape index (κ2) is 13.0. The van der Waals surface area contributed by atoms with Crippen molar-refractivity contribution < 1.29 is 35.9 Å². The van der Waals surface area contributed by atoms with Gasteiger partial charge in [-0.25, -0.2) is 0 Å². The maximum absolute atomic E-state index is 13.3. The quantitative estimate of drug-likeness (QED) is 0.207. The fourth-order valence-corrected chi connectivity index (χ4v) is 6.13. The number of rotatable bonds is 9. The zero-order valence-electron chi connectivity index (χ0n) is 23.9. The third-order valence-corrected chi connectivity index (χ3v) is 8.31. The van der Waals surface area contributed by atoms with Crippen LogP contribution in [0.2, 0.25) is 0 Å². The van der Waals surface area contributed by atoms with Gasteiger partial charge in [0.25, 0.3) is 5.91 Å². The maximum atomic E-state index is 13.3. The maximum Gasteiger partial charge on any atom is 0.417 e. The number of nitrogens with one attached hydrogen (secondary N) is 2. The lowest BCUT2D eigenvalue weighted by molar-refractivity contribution is -0.138. The Hall–Kier alpha value is -3.86. The van der Waals surface area contributed by atoms with Crippen molar-refractivity contribution in [3.63, 3.8) is 0 Å². The molecule has 2 aliphatic rings. The minimum atomic E-state index is -4.60. The van der Waals surface area contributed by atoms with Crippen molar-refractivity contribution in [2.75, 3.05) is 26.2 Å². The smallest absolute Gasteiger partial charge is 0.349 e. The minimum Gasteiger partial charge on any atom is -0.349 e. The van der Waals surface area contributed by atoms with Crippen molar-refractivity contribution in [1.29, 1.82) is 0 Å². The van der Waals surface area contributed by atoms with Gasteiger partial charge in [-0.2, -0.15) is 26.3 Å². The summed E-state index contributed by atoms with van der Waals surface area (Å²) in [6.07, 6.45) is -5.15. The number of alkyl halides is 6. The number of unbranched alkanes of at least 4 members (excludes halogenated alkanes) is 1. The normalized spacial score (nSPS) is 17.2. The second-order valence-electron chi connectivity index (χ2n) is 11.4. The van der Waals surface area contributed by atoms with Gasteiger partial charge < -0.3 is 15.5 Å². The molecule has 234 valence electrons. The molecule has 3 aromatic rings. The number of hydrogen-bond donors (Lipinski definition) is 2. The molecule has 0 aromatic heterocycles. The fraction of sp³-hybridized carbons (Fsp3) is 0.394. The van der Waals surface area contributed by atoms with Gasteiger partial charge in [0.15, 0.2) is 0 Å². The molecule has 1 atom stereocenters. The Morgan fingerprint density at radius 1 is 0.818 bits per heavy atom. The van der Waals surface area contributed by atoms with Crippen LogP contribution >= 0.6 is 0 Å². The van der Waals surface area contributed by atoms with Crippen LogP contribution < -0.4 is 10.6 Å². The molecule has 2 amide bonds. The number of amides is 2. The molecule has 1 aliphatic heterocycles. The van der Waals surface area contributed by atoms with Gasteiger partial charge in [0.05, 0.1) is 17.0 Å². The van der Waals surface area contributed by atoms with Crippen LogP contribution in [0.25, 0.3) is 11.1 Å². The Balaban J connectivity index is 1.10. The minimum absolute atomic E-state index is 0.186. The van der Waals surface area contributed by atoms with E-state index in [1.54, 1.807) is 12.1 Å². The number of halogens is 6. The summed E-state index contributed by atoms with van der Waals surface area (Å²) in [5.74, 6) is -2.16. The molecule has 3 aromatic carbocycles. The molecule has 0 spiro atoms. The molecule has 5 rings (SSSR count). The van der Waals surface area contributed by atoms with Gasteiger partial charge in [-0.3, -0.25) is 9.59 Å². The van der Waals surface area contributed by atoms with E-state index < -0.39 is 42.2 Å². The summed E-state index contributed by atoms with van der Waals surface area (Å²) in [4.78, 5) is 27.6. The number of carbonyl (C=O) groups is 2. The van der Waals surface area contributed by atoms with Gasteiger partial charge in [-0.05, 0) is 78.6 Å². The third-order valence-electron chi connectivity index (χ3n) is 8.31. The van der Waals surface area contributed by atoms with Gasteiger partial charge >= 0.3 is 12.4 Å². The van der Waals surface area contributed by atoms with Crippen molar-refractivity contribution in [2.45, 2.75) is 56.4 Å². The molecular weight excluding hydrogens is 584 g/mol. The van der Waals surface area contributed by atoms with Crippen molar-refractivity contribution >= 4 is 11.8 Å². The molecular formula is C33H33F6N3O2. The first-order valence-corrected chi connectivity index (χ1v) is 14.7. The monoisotopic (exact) mass is 617 g/mol. The average Bonchev–Trinajstić information content (AvgIpc) is 3.32. The Labute approximate surface area is 251 Å². The van der Waals surface area contributed by atoms with Crippen molar-refractivity contribution in [1.82, 2.24) is 15.5 Å². The highest BCUT2D eigenvalue weighted by molar-refractivity contribution is 5.97. The molecule has 11 heteroatoms. The molecule has 1 aliphatic carbocycles. The second-order valence-corrected chi connectivity index (χ2v) is 11.4. The SMILES string of the molecule is O=C(NC1CCN(CCCCc2ccc3c(c2)-c2ccccc2C3C(=O)NCC(F)(F)F)CC1)c1ccccc1C(F)(F)F. The highest BCUT2D eigenvalue weighted by atomic mass is 19.4. The lowest BCUT2D eigenvalue weighted by Crippen LogP contribution is -2.45. The van der Waals surface area contributed by atoms with E-state index >= 15 is 0 Å². The molecule has 1 heterocycles. The Kier molecular flexibility index (Phi) is 9.34. The van der Waals surface area contributed by atoms with Crippen LogP contribution in [0.4, 0.5) is 26.3 Å². The summed E-state index contributed by atoms with van der Waals surface area (Å²) in [6, 6.07) is 17.7. The number of nitrogens with zero attached hydrogens (tertiary/aromatic N) is 1. The van der Waals surface area contributed by atoms with Crippen LogP contribution in [0.1, 0.15) is 64.2 Å². The van der Waals surface area contributed by atoms with E-state index in [0.717, 1.165) is 61.7 Å². The van der Waals surface area contributed by atoms with Crippen LogP contribution in [0.3, 0.4) is 0 Å². The molecule has 0 bridgehead atoms. The van der Waals surface area contributed by atoms with Gasteiger partial charge in [-0.15, -0.1) is 0 Å². The number of carbonyl (C=O) groups excluding carboxylic acids is 2. The van der Waals surface area contributed by atoms with E-state index in [1.807, 2.05) is 35.6 Å².